The maximum atomic E-state index is 12.0. The van der Waals surface area contributed by atoms with Crippen molar-refractivity contribution in [2.75, 3.05) is 50.1 Å². The topological polar surface area (TPSA) is 105 Å². The predicted octanol–water partition coefficient (Wildman–Crippen LogP) is 2.23. The molecule has 0 atom stereocenters. The second-order valence-corrected chi connectivity index (χ2v) is 8.53. The second-order valence-electron chi connectivity index (χ2n) is 6.64. The molecule has 0 aliphatic carbocycles. The van der Waals surface area contributed by atoms with Crippen molar-refractivity contribution in [2.24, 2.45) is 0 Å². The highest BCUT2D eigenvalue weighted by molar-refractivity contribution is 7.89. The van der Waals surface area contributed by atoms with Gasteiger partial charge in [-0.2, -0.15) is 0 Å². The molecule has 1 fully saturated rings. The van der Waals surface area contributed by atoms with Gasteiger partial charge in [-0.3, -0.25) is 10.1 Å². The summed E-state index contributed by atoms with van der Waals surface area (Å²) in [5.41, 5.74) is 1.29. The third-order valence-electron chi connectivity index (χ3n) is 5.00. The van der Waals surface area contributed by atoms with Crippen LogP contribution in [0.4, 0.5) is 17.1 Å². The molecule has 9 nitrogen and oxygen atoms in total. The zero-order valence-corrected chi connectivity index (χ0v) is 17.2. The summed E-state index contributed by atoms with van der Waals surface area (Å²) in [5.74, 6) is 0.789. The van der Waals surface area contributed by atoms with Gasteiger partial charge in [0.25, 0.3) is 5.69 Å². The van der Waals surface area contributed by atoms with Gasteiger partial charge in [0.2, 0.25) is 10.0 Å². The molecule has 0 unspecified atom stereocenters. The fourth-order valence-corrected chi connectivity index (χ4v) is 4.16. The average Bonchev–Trinajstić information content (AvgIpc) is 2.99. The Balaban J connectivity index is 1.83. The Morgan fingerprint density at radius 3 is 2.31 bits per heavy atom. The Hall–Kier alpha value is -2.85. The number of hydrogen-bond donors (Lipinski definition) is 1. The lowest BCUT2D eigenvalue weighted by Crippen LogP contribution is -2.31. The Morgan fingerprint density at radius 1 is 1.03 bits per heavy atom. The van der Waals surface area contributed by atoms with Crippen LogP contribution >= 0.6 is 0 Å². The largest absolute Gasteiger partial charge is 0.497 e. The Kier molecular flexibility index (Phi) is 6.23. The van der Waals surface area contributed by atoms with Gasteiger partial charge < -0.3 is 14.5 Å². The first-order chi connectivity index (χ1) is 13.9. The maximum absolute atomic E-state index is 12.0. The Morgan fingerprint density at radius 2 is 1.69 bits per heavy atom. The van der Waals surface area contributed by atoms with Gasteiger partial charge in [-0.15, -0.1) is 0 Å². The molecule has 1 heterocycles. The van der Waals surface area contributed by atoms with E-state index in [1.54, 1.807) is 7.11 Å². The number of hydrogen-bond acceptors (Lipinski definition) is 7. The number of benzene rings is 2. The SMILES string of the molecule is CNS(=O)(=O)c1ccc(N2CCCN(c3ccc(OC)cc3)CC2)c([N+](=O)[O-])c1. The van der Waals surface area contributed by atoms with E-state index >= 15 is 0 Å². The summed E-state index contributed by atoms with van der Waals surface area (Å²) in [4.78, 5) is 15.1. The summed E-state index contributed by atoms with van der Waals surface area (Å²) in [6, 6.07) is 11.8. The molecule has 2 aromatic carbocycles. The standard InChI is InChI=1S/C19H24N4O5S/c1-20-29(26,27)17-8-9-18(19(14-17)23(24)25)22-11-3-10-21(12-13-22)15-4-6-16(28-2)7-5-15/h4-9,14,20H,3,10-13H2,1-2H3. The molecule has 0 amide bonds. The highest BCUT2D eigenvalue weighted by Gasteiger charge is 2.25. The molecule has 10 heteroatoms. The van der Waals surface area contributed by atoms with E-state index in [4.69, 9.17) is 4.74 Å². The molecule has 0 radical (unpaired) electrons. The zero-order valence-electron chi connectivity index (χ0n) is 16.4. The second kappa shape index (κ2) is 8.66. The lowest BCUT2D eigenvalue weighted by atomic mass is 10.2. The van der Waals surface area contributed by atoms with Gasteiger partial charge in [0.05, 0.1) is 16.9 Å². The molecule has 29 heavy (non-hydrogen) atoms. The van der Waals surface area contributed by atoms with Gasteiger partial charge in [-0.05, 0) is 49.9 Å². The molecule has 1 aliphatic heterocycles. The summed E-state index contributed by atoms with van der Waals surface area (Å²) in [5, 5.41) is 11.6. The van der Waals surface area contributed by atoms with Gasteiger partial charge in [-0.25, -0.2) is 13.1 Å². The molecule has 156 valence electrons. The number of nitro benzene ring substituents is 1. The van der Waals surface area contributed by atoms with Gasteiger partial charge in [-0.1, -0.05) is 0 Å². The van der Waals surface area contributed by atoms with Crippen molar-refractivity contribution >= 4 is 27.1 Å². The number of methoxy groups -OCH3 is 1. The van der Waals surface area contributed by atoms with Gasteiger partial charge >= 0.3 is 0 Å². The van der Waals surface area contributed by atoms with E-state index in [0.29, 0.717) is 25.3 Å². The number of anilines is 2. The van der Waals surface area contributed by atoms with E-state index in [0.717, 1.165) is 30.5 Å². The molecule has 3 rings (SSSR count). The lowest BCUT2D eigenvalue weighted by molar-refractivity contribution is -0.384. The van der Waals surface area contributed by atoms with E-state index in [-0.39, 0.29) is 10.6 Å². The molecular weight excluding hydrogens is 396 g/mol. The van der Waals surface area contributed by atoms with Crippen molar-refractivity contribution in [3.8, 4) is 5.75 Å². The number of sulfonamides is 1. The first kappa shape index (κ1) is 20.9. The lowest BCUT2D eigenvalue weighted by Gasteiger charge is -2.25. The molecule has 0 spiro atoms. The monoisotopic (exact) mass is 420 g/mol. The highest BCUT2D eigenvalue weighted by atomic mass is 32.2. The summed E-state index contributed by atoms with van der Waals surface area (Å²) < 4.78 is 31.4. The van der Waals surface area contributed by atoms with E-state index in [9.17, 15) is 18.5 Å². The summed E-state index contributed by atoms with van der Waals surface area (Å²) in [6.07, 6.45) is 0.819. The minimum atomic E-state index is -3.75. The minimum Gasteiger partial charge on any atom is -0.497 e. The zero-order chi connectivity index (χ0) is 21.0. The maximum Gasteiger partial charge on any atom is 0.293 e. The minimum absolute atomic E-state index is 0.120. The van der Waals surface area contributed by atoms with Crippen LogP contribution in [0.25, 0.3) is 0 Å². The van der Waals surface area contributed by atoms with Crippen molar-refractivity contribution in [1.82, 2.24) is 4.72 Å². The molecule has 2 aromatic rings. The average molecular weight is 420 g/mol. The quantitative estimate of drug-likeness (QED) is 0.564. The Bertz CT molecular complexity index is 979. The normalized spacial score (nSPS) is 15.1. The van der Waals surface area contributed by atoms with Crippen LogP contribution in [0.1, 0.15) is 6.42 Å². The van der Waals surface area contributed by atoms with Crippen LogP contribution in [-0.4, -0.2) is 53.7 Å². The van der Waals surface area contributed by atoms with Crippen LogP contribution in [0.2, 0.25) is 0 Å². The number of nitrogens with zero attached hydrogens (tertiary/aromatic N) is 3. The van der Waals surface area contributed by atoms with Crippen molar-refractivity contribution in [2.45, 2.75) is 11.3 Å². The highest BCUT2D eigenvalue weighted by Crippen LogP contribution is 2.32. The van der Waals surface area contributed by atoms with Crippen molar-refractivity contribution < 1.29 is 18.1 Å². The van der Waals surface area contributed by atoms with E-state index in [2.05, 4.69) is 9.62 Å². The molecule has 0 saturated carbocycles. The fraction of sp³-hybridized carbons (Fsp3) is 0.368. The molecule has 0 bridgehead atoms. The summed E-state index contributed by atoms with van der Waals surface area (Å²) in [7, 11) is -0.852. The molecule has 1 N–H and O–H groups in total. The van der Waals surface area contributed by atoms with Crippen molar-refractivity contribution in [3.05, 3.63) is 52.6 Å². The first-order valence-electron chi connectivity index (χ1n) is 9.21. The molecule has 0 aromatic heterocycles. The van der Waals surface area contributed by atoms with Gasteiger partial charge in [0, 0.05) is 37.9 Å². The van der Waals surface area contributed by atoms with Crippen LogP contribution in [0.3, 0.4) is 0 Å². The van der Waals surface area contributed by atoms with Crippen LogP contribution in [0, 0.1) is 10.1 Å². The molecule has 1 aliphatic rings. The number of rotatable bonds is 6. The fourth-order valence-electron chi connectivity index (χ4n) is 3.41. The summed E-state index contributed by atoms with van der Waals surface area (Å²) >= 11 is 0. The third kappa shape index (κ3) is 4.60. The van der Waals surface area contributed by atoms with Gasteiger partial charge in [0.1, 0.15) is 11.4 Å². The first-order valence-corrected chi connectivity index (χ1v) is 10.7. The smallest absolute Gasteiger partial charge is 0.293 e. The van der Waals surface area contributed by atoms with E-state index in [1.807, 2.05) is 29.2 Å². The van der Waals surface area contributed by atoms with E-state index < -0.39 is 14.9 Å². The third-order valence-corrected chi connectivity index (χ3v) is 6.41. The number of nitrogens with one attached hydrogen (secondary N) is 1. The van der Waals surface area contributed by atoms with Crippen molar-refractivity contribution in [3.63, 3.8) is 0 Å². The van der Waals surface area contributed by atoms with Crippen LogP contribution in [0.5, 0.6) is 5.75 Å². The predicted molar refractivity (Wildman–Crippen MR) is 111 cm³/mol. The number of nitro groups is 1. The van der Waals surface area contributed by atoms with Crippen LogP contribution < -0.4 is 19.3 Å². The van der Waals surface area contributed by atoms with E-state index in [1.165, 1.54) is 19.2 Å². The molecular formula is C19H24N4O5S. The van der Waals surface area contributed by atoms with Crippen molar-refractivity contribution in [1.29, 1.82) is 0 Å². The molecule has 1 saturated heterocycles. The summed E-state index contributed by atoms with van der Waals surface area (Å²) in [6.45, 7) is 2.75. The van der Waals surface area contributed by atoms with Gasteiger partial charge in [0.15, 0.2) is 0 Å². The Labute approximate surface area is 170 Å². The van der Waals surface area contributed by atoms with Crippen LogP contribution in [-0.2, 0) is 10.0 Å². The number of ether oxygens (including phenoxy) is 1. The van der Waals surface area contributed by atoms with Crippen LogP contribution in [0.15, 0.2) is 47.4 Å².